The van der Waals surface area contributed by atoms with Gasteiger partial charge in [0.2, 0.25) is 5.91 Å². The van der Waals surface area contributed by atoms with Gasteiger partial charge in [-0.2, -0.15) is 0 Å². The van der Waals surface area contributed by atoms with Gasteiger partial charge < -0.3 is 19.9 Å². The fraction of sp³-hybridized carbons (Fsp3) is 0.250. The van der Waals surface area contributed by atoms with Crippen molar-refractivity contribution in [2.24, 2.45) is 0 Å². The third kappa shape index (κ3) is 7.34. The quantitative estimate of drug-likeness (QED) is 0.246. The number of carbonyl (C=O) groups is 1. The van der Waals surface area contributed by atoms with E-state index in [0.29, 0.717) is 6.54 Å². The maximum atomic E-state index is 11.4. The van der Waals surface area contributed by atoms with Crippen molar-refractivity contribution in [1.29, 1.82) is 0 Å². The summed E-state index contributed by atoms with van der Waals surface area (Å²) in [6.45, 7) is 2.03. The maximum Gasteiger partial charge on any atom is 0.217 e. The molecule has 0 saturated carbocycles. The molecule has 4 aromatic rings. The molecule has 2 heterocycles. The molecule has 1 saturated heterocycles. The number of pyridine rings is 1. The lowest BCUT2D eigenvalue weighted by atomic mass is 9.99. The minimum atomic E-state index is -0.530. The SMILES string of the molecule is CC(=O)NCc1cccc(-c2cccc([C@@H]3O[C@H](CSc4ccccn4)C[C@H](c4ccc(CO)cc4)O3)c2)c1. The third-order valence-electron chi connectivity index (χ3n) is 6.63. The molecule has 0 spiro atoms. The summed E-state index contributed by atoms with van der Waals surface area (Å²) in [7, 11) is 0. The Morgan fingerprint density at radius 3 is 2.46 bits per heavy atom. The van der Waals surface area contributed by atoms with Gasteiger partial charge in [0.1, 0.15) is 0 Å². The number of aromatic nitrogens is 1. The highest BCUT2D eigenvalue weighted by Crippen LogP contribution is 2.40. The molecule has 0 bridgehead atoms. The molecule has 7 heteroatoms. The number of rotatable bonds is 9. The predicted octanol–water partition coefficient (Wildman–Crippen LogP) is 6.21. The summed E-state index contributed by atoms with van der Waals surface area (Å²) in [4.78, 5) is 15.8. The number of carbonyl (C=O) groups excluding carboxylic acids is 1. The van der Waals surface area contributed by atoms with E-state index in [1.54, 1.807) is 18.0 Å². The minimum Gasteiger partial charge on any atom is -0.392 e. The summed E-state index contributed by atoms with van der Waals surface area (Å²) in [6.07, 6.45) is 1.81. The van der Waals surface area contributed by atoms with Crippen LogP contribution in [0.4, 0.5) is 0 Å². The van der Waals surface area contributed by atoms with Crippen molar-refractivity contribution in [3.05, 3.63) is 119 Å². The number of ether oxygens (including phenoxy) is 2. The van der Waals surface area contributed by atoms with E-state index in [1.807, 2.05) is 66.7 Å². The van der Waals surface area contributed by atoms with E-state index in [4.69, 9.17) is 9.47 Å². The highest BCUT2D eigenvalue weighted by atomic mass is 32.2. The molecule has 1 aliphatic rings. The number of nitrogens with zero attached hydrogens (tertiary/aromatic N) is 1. The minimum absolute atomic E-state index is 0.0136. The lowest BCUT2D eigenvalue weighted by molar-refractivity contribution is -0.245. The van der Waals surface area contributed by atoms with E-state index in [9.17, 15) is 9.90 Å². The van der Waals surface area contributed by atoms with E-state index in [1.165, 1.54) is 6.92 Å². The number of aliphatic hydroxyl groups is 1. The Morgan fingerprint density at radius 2 is 1.72 bits per heavy atom. The first-order valence-corrected chi connectivity index (χ1v) is 14.0. The maximum absolute atomic E-state index is 11.4. The Balaban J connectivity index is 1.38. The van der Waals surface area contributed by atoms with Gasteiger partial charge in [-0.3, -0.25) is 4.79 Å². The fourth-order valence-corrected chi connectivity index (χ4v) is 5.47. The zero-order chi connectivity index (χ0) is 27.0. The van der Waals surface area contributed by atoms with Crippen molar-refractivity contribution >= 4 is 17.7 Å². The van der Waals surface area contributed by atoms with Crippen LogP contribution in [0.5, 0.6) is 0 Å². The number of hydrogen-bond donors (Lipinski definition) is 2. The van der Waals surface area contributed by atoms with Crippen LogP contribution in [0.3, 0.4) is 0 Å². The Labute approximate surface area is 233 Å². The second-order valence-corrected chi connectivity index (χ2v) is 10.6. The Morgan fingerprint density at radius 1 is 0.923 bits per heavy atom. The Hall–Kier alpha value is -3.49. The van der Waals surface area contributed by atoms with Gasteiger partial charge in [-0.15, -0.1) is 11.8 Å². The third-order valence-corrected chi connectivity index (χ3v) is 7.71. The van der Waals surface area contributed by atoms with Crippen LogP contribution in [0, 0.1) is 0 Å². The van der Waals surface area contributed by atoms with E-state index in [0.717, 1.165) is 50.6 Å². The number of nitrogens with one attached hydrogen (secondary N) is 1. The molecule has 1 aliphatic heterocycles. The van der Waals surface area contributed by atoms with Gasteiger partial charge in [-0.25, -0.2) is 4.98 Å². The van der Waals surface area contributed by atoms with Gasteiger partial charge in [0.05, 0.1) is 23.8 Å². The highest BCUT2D eigenvalue weighted by molar-refractivity contribution is 7.99. The first kappa shape index (κ1) is 27.1. The average Bonchev–Trinajstić information content (AvgIpc) is 2.99. The molecule has 2 N–H and O–H groups in total. The van der Waals surface area contributed by atoms with Gasteiger partial charge in [0, 0.05) is 37.4 Å². The number of hydrogen-bond acceptors (Lipinski definition) is 6. The van der Waals surface area contributed by atoms with Gasteiger partial charge in [0.25, 0.3) is 0 Å². The Kier molecular flexibility index (Phi) is 9.06. The molecule has 0 aliphatic carbocycles. The smallest absolute Gasteiger partial charge is 0.217 e. The molecule has 1 fully saturated rings. The van der Waals surface area contributed by atoms with Crippen LogP contribution in [0.25, 0.3) is 11.1 Å². The monoisotopic (exact) mass is 540 g/mol. The van der Waals surface area contributed by atoms with E-state index in [-0.39, 0.29) is 24.7 Å². The van der Waals surface area contributed by atoms with Crippen LogP contribution in [0.2, 0.25) is 0 Å². The van der Waals surface area contributed by atoms with Crippen molar-refractivity contribution in [2.75, 3.05) is 5.75 Å². The lowest BCUT2D eigenvalue weighted by Gasteiger charge is -2.36. The molecule has 1 amide bonds. The molecule has 0 radical (unpaired) electrons. The fourth-order valence-electron chi connectivity index (χ4n) is 4.59. The molecule has 39 heavy (non-hydrogen) atoms. The molecule has 1 aromatic heterocycles. The summed E-state index contributed by atoms with van der Waals surface area (Å²) in [5.74, 6) is 0.706. The second kappa shape index (κ2) is 13.0. The number of aliphatic hydroxyl groups excluding tert-OH is 1. The van der Waals surface area contributed by atoms with E-state index < -0.39 is 6.29 Å². The van der Waals surface area contributed by atoms with Crippen molar-refractivity contribution in [2.45, 2.75) is 50.0 Å². The summed E-state index contributed by atoms with van der Waals surface area (Å²) in [5.41, 5.74) is 6.04. The Bertz CT molecular complexity index is 1380. The molecular weight excluding hydrogens is 508 g/mol. The summed E-state index contributed by atoms with van der Waals surface area (Å²) < 4.78 is 13.0. The summed E-state index contributed by atoms with van der Waals surface area (Å²) in [6, 6.07) is 30.3. The van der Waals surface area contributed by atoms with Crippen molar-refractivity contribution in [3.63, 3.8) is 0 Å². The van der Waals surface area contributed by atoms with E-state index in [2.05, 4.69) is 34.6 Å². The van der Waals surface area contributed by atoms with Crippen molar-refractivity contribution in [1.82, 2.24) is 10.3 Å². The average molecular weight is 541 g/mol. The molecule has 3 atom stereocenters. The van der Waals surface area contributed by atoms with Gasteiger partial charge in [-0.05, 0) is 52.1 Å². The van der Waals surface area contributed by atoms with Crippen LogP contribution in [0.1, 0.15) is 48.0 Å². The lowest BCUT2D eigenvalue weighted by Crippen LogP contribution is -2.31. The van der Waals surface area contributed by atoms with Gasteiger partial charge >= 0.3 is 0 Å². The normalized spacial score (nSPS) is 19.0. The summed E-state index contributed by atoms with van der Waals surface area (Å²) in [5, 5.41) is 13.3. The van der Waals surface area contributed by atoms with E-state index >= 15 is 0 Å². The number of benzene rings is 3. The number of thioether (sulfide) groups is 1. The standard InChI is InChI=1S/C32H32N2O4S/c1-22(36)34-19-24-6-4-7-26(16-24)27-8-5-9-28(17-27)32-37-29(21-39-31-10-2-3-15-33-31)18-30(38-32)25-13-11-23(20-35)12-14-25/h2-17,29-30,32,35H,18-21H2,1H3,(H,34,36)/t29-,30+,32+/m0/s1. The molecule has 3 aromatic carbocycles. The molecule has 6 nitrogen and oxygen atoms in total. The van der Waals surface area contributed by atoms with Gasteiger partial charge in [-0.1, -0.05) is 66.7 Å². The topological polar surface area (TPSA) is 80.7 Å². The molecule has 200 valence electrons. The largest absolute Gasteiger partial charge is 0.392 e. The summed E-state index contributed by atoms with van der Waals surface area (Å²) >= 11 is 1.68. The zero-order valence-electron chi connectivity index (χ0n) is 21.8. The molecule has 0 unspecified atom stereocenters. The number of amides is 1. The zero-order valence-corrected chi connectivity index (χ0v) is 22.6. The van der Waals surface area contributed by atoms with Crippen LogP contribution in [0.15, 0.2) is 102 Å². The van der Waals surface area contributed by atoms with Crippen LogP contribution in [-0.2, 0) is 27.4 Å². The van der Waals surface area contributed by atoms with Crippen molar-refractivity contribution < 1.29 is 19.4 Å². The molecule has 5 rings (SSSR count). The van der Waals surface area contributed by atoms with Crippen LogP contribution in [-0.4, -0.2) is 27.9 Å². The highest BCUT2D eigenvalue weighted by Gasteiger charge is 2.32. The van der Waals surface area contributed by atoms with Crippen LogP contribution < -0.4 is 5.32 Å². The second-order valence-electron chi connectivity index (χ2n) is 9.56. The first-order chi connectivity index (χ1) is 19.1. The predicted molar refractivity (Wildman–Crippen MR) is 153 cm³/mol. The first-order valence-electron chi connectivity index (χ1n) is 13.1. The van der Waals surface area contributed by atoms with Crippen molar-refractivity contribution in [3.8, 4) is 11.1 Å². The van der Waals surface area contributed by atoms with Crippen LogP contribution >= 0.6 is 11.8 Å². The molecular formula is C32H32N2O4S. The van der Waals surface area contributed by atoms with Gasteiger partial charge in [0.15, 0.2) is 6.29 Å².